The van der Waals surface area contributed by atoms with Gasteiger partial charge in [0.25, 0.3) is 0 Å². The number of hydrogen-bond acceptors (Lipinski definition) is 4. The van der Waals surface area contributed by atoms with Crippen LogP contribution in [-0.2, 0) is 0 Å². The minimum absolute atomic E-state index is 0.200. The number of rotatable bonds is 6. The summed E-state index contributed by atoms with van der Waals surface area (Å²) >= 11 is 1.54. The van der Waals surface area contributed by atoms with E-state index in [-0.39, 0.29) is 18.6 Å². The molecule has 0 saturated heterocycles. The van der Waals surface area contributed by atoms with E-state index in [2.05, 4.69) is 10.6 Å². The molecule has 23 heavy (non-hydrogen) atoms. The van der Waals surface area contributed by atoms with Gasteiger partial charge in [0, 0.05) is 23.2 Å². The van der Waals surface area contributed by atoms with Gasteiger partial charge in [0.05, 0.1) is 11.6 Å². The standard InChI is InChI=1S/C17H24N2O3S/c1-11-13-7-5-6-8-14(13)22-15(11)12(2)19-16(20)18-9-17(3,21)10-23-4/h5-8,12,21H,9-10H2,1-4H3,(H2,18,19,20). The summed E-state index contributed by atoms with van der Waals surface area (Å²) in [7, 11) is 0. The Bertz CT molecular complexity index is 682. The van der Waals surface area contributed by atoms with Crippen molar-refractivity contribution in [2.45, 2.75) is 32.4 Å². The van der Waals surface area contributed by atoms with E-state index in [1.54, 1.807) is 6.92 Å². The highest BCUT2D eigenvalue weighted by atomic mass is 32.2. The van der Waals surface area contributed by atoms with Crippen LogP contribution in [0.4, 0.5) is 4.79 Å². The van der Waals surface area contributed by atoms with Crippen LogP contribution in [0.15, 0.2) is 28.7 Å². The first-order valence-electron chi connectivity index (χ1n) is 7.58. The number of carbonyl (C=O) groups is 1. The van der Waals surface area contributed by atoms with Gasteiger partial charge in [-0.25, -0.2) is 4.79 Å². The number of urea groups is 1. The number of furan rings is 1. The number of fused-ring (bicyclic) bond motifs is 1. The first kappa shape index (κ1) is 17.7. The molecule has 0 radical (unpaired) electrons. The lowest BCUT2D eigenvalue weighted by Crippen LogP contribution is -2.46. The Morgan fingerprint density at radius 3 is 2.78 bits per heavy atom. The summed E-state index contributed by atoms with van der Waals surface area (Å²) in [5.41, 5.74) is 0.926. The Morgan fingerprint density at radius 1 is 1.43 bits per heavy atom. The van der Waals surface area contributed by atoms with Crippen LogP contribution in [0.3, 0.4) is 0 Å². The molecule has 5 nitrogen and oxygen atoms in total. The summed E-state index contributed by atoms with van der Waals surface area (Å²) in [6, 6.07) is 7.23. The Labute approximate surface area is 140 Å². The van der Waals surface area contributed by atoms with Crippen molar-refractivity contribution in [3.8, 4) is 0 Å². The molecule has 0 saturated carbocycles. The highest BCUT2D eigenvalue weighted by Crippen LogP contribution is 2.29. The molecule has 2 amide bonds. The van der Waals surface area contributed by atoms with Crippen LogP contribution in [0.5, 0.6) is 0 Å². The van der Waals surface area contributed by atoms with E-state index >= 15 is 0 Å². The molecule has 126 valence electrons. The normalized spacial score (nSPS) is 15.2. The monoisotopic (exact) mass is 336 g/mol. The van der Waals surface area contributed by atoms with Crippen LogP contribution in [0.2, 0.25) is 0 Å². The number of para-hydroxylation sites is 1. The molecule has 1 heterocycles. The minimum Gasteiger partial charge on any atom is -0.459 e. The van der Waals surface area contributed by atoms with Gasteiger partial charge in [-0.1, -0.05) is 18.2 Å². The molecule has 0 spiro atoms. The molecule has 3 N–H and O–H groups in total. The van der Waals surface area contributed by atoms with E-state index in [1.165, 1.54) is 11.8 Å². The predicted octanol–water partition coefficient (Wildman–Crippen LogP) is 3.22. The van der Waals surface area contributed by atoms with Gasteiger partial charge in [-0.3, -0.25) is 0 Å². The highest BCUT2D eigenvalue weighted by molar-refractivity contribution is 7.98. The molecule has 2 atom stereocenters. The summed E-state index contributed by atoms with van der Waals surface area (Å²) in [5.74, 6) is 1.31. The second kappa shape index (κ2) is 7.27. The van der Waals surface area contributed by atoms with Crippen LogP contribution >= 0.6 is 11.8 Å². The smallest absolute Gasteiger partial charge is 0.315 e. The van der Waals surface area contributed by atoms with Crippen LogP contribution in [0.1, 0.15) is 31.2 Å². The second-order valence-electron chi connectivity index (χ2n) is 6.07. The molecule has 2 unspecified atom stereocenters. The molecular formula is C17H24N2O3S. The lowest BCUT2D eigenvalue weighted by atomic mass is 10.1. The zero-order chi connectivity index (χ0) is 17.0. The molecule has 0 fully saturated rings. The fourth-order valence-corrected chi connectivity index (χ4v) is 3.28. The van der Waals surface area contributed by atoms with Crippen LogP contribution in [0, 0.1) is 6.92 Å². The number of aryl methyl sites for hydroxylation is 1. The topological polar surface area (TPSA) is 74.5 Å². The molecule has 1 aromatic heterocycles. The van der Waals surface area contributed by atoms with Crippen molar-refractivity contribution in [3.05, 3.63) is 35.6 Å². The second-order valence-corrected chi connectivity index (χ2v) is 6.93. The van der Waals surface area contributed by atoms with E-state index < -0.39 is 5.60 Å². The third kappa shape index (κ3) is 4.42. The zero-order valence-corrected chi connectivity index (χ0v) is 14.8. The molecule has 0 aliphatic rings. The number of aliphatic hydroxyl groups is 1. The van der Waals surface area contributed by atoms with E-state index in [9.17, 15) is 9.90 Å². The molecule has 0 bridgehead atoms. The average Bonchev–Trinajstić information content (AvgIpc) is 2.83. The maximum absolute atomic E-state index is 12.0. The predicted molar refractivity (Wildman–Crippen MR) is 94.9 cm³/mol. The summed E-state index contributed by atoms with van der Waals surface area (Å²) in [4.78, 5) is 12.0. The van der Waals surface area contributed by atoms with Gasteiger partial charge in [-0.2, -0.15) is 11.8 Å². The number of amides is 2. The first-order valence-corrected chi connectivity index (χ1v) is 8.97. The molecule has 2 aromatic rings. The first-order chi connectivity index (χ1) is 10.8. The third-order valence-corrected chi connectivity index (χ3v) is 4.62. The van der Waals surface area contributed by atoms with Crippen LogP contribution in [-0.4, -0.2) is 35.3 Å². The van der Waals surface area contributed by atoms with E-state index in [1.807, 2.05) is 44.4 Å². The van der Waals surface area contributed by atoms with E-state index in [4.69, 9.17) is 4.42 Å². The maximum Gasteiger partial charge on any atom is 0.315 e. The van der Waals surface area contributed by atoms with E-state index in [0.29, 0.717) is 5.75 Å². The van der Waals surface area contributed by atoms with Crippen LogP contribution in [0.25, 0.3) is 11.0 Å². The van der Waals surface area contributed by atoms with Crippen molar-refractivity contribution in [2.75, 3.05) is 18.6 Å². The maximum atomic E-state index is 12.0. The van der Waals surface area contributed by atoms with Crippen molar-refractivity contribution < 1.29 is 14.3 Å². The quantitative estimate of drug-likeness (QED) is 0.757. The summed E-state index contributed by atoms with van der Waals surface area (Å²) in [6.45, 7) is 5.77. The van der Waals surface area contributed by atoms with Gasteiger partial charge in [0.15, 0.2) is 0 Å². The highest BCUT2D eigenvalue weighted by Gasteiger charge is 2.22. The molecule has 0 aliphatic heterocycles. The molecular weight excluding hydrogens is 312 g/mol. The average molecular weight is 336 g/mol. The van der Waals surface area contributed by atoms with Crippen molar-refractivity contribution in [1.29, 1.82) is 0 Å². The lowest BCUT2D eigenvalue weighted by Gasteiger charge is -2.23. The Balaban J connectivity index is 1.99. The van der Waals surface area contributed by atoms with Gasteiger partial charge in [-0.15, -0.1) is 0 Å². The van der Waals surface area contributed by atoms with Gasteiger partial charge in [-0.05, 0) is 33.1 Å². The molecule has 1 aromatic carbocycles. The third-order valence-electron chi connectivity index (χ3n) is 3.71. The van der Waals surface area contributed by atoms with Crippen molar-refractivity contribution in [3.63, 3.8) is 0 Å². The summed E-state index contributed by atoms with van der Waals surface area (Å²) in [5, 5.41) is 16.7. The van der Waals surface area contributed by atoms with E-state index in [0.717, 1.165) is 22.3 Å². The largest absolute Gasteiger partial charge is 0.459 e. The Morgan fingerprint density at radius 2 is 2.13 bits per heavy atom. The summed E-state index contributed by atoms with van der Waals surface area (Å²) in [6.07, 6.45) is 1.92. The SMILES string of the molecule is CSCC(C)(O)CNC(=O)NC(C)c1oc2ccccc2c1C. The fraction of sp³-hybridized carbons (Fsp3) is 0.471. The molecule has 6 heteroatoms. The number of hydrogen-bond donors (Lipinski definition) is 3. The number of thioether (sulfide) groups is 1. The Kier molecular flexibility index (Phi) is 5.59. The van der Waals surface area contributed by atoms with Gasteiger partial charge in [0.2, 0.25) is 0 Å². The number of carbonyl (C=O) groups excluding carboxylic acids is 1. The van der Waals surface area contributed by atoms with Gasteiger partial charge < -0.3 is 20.2 Å². The number of nitrogens with one attached hydrogen (secondary N) is 2. The zero-order valence-electron chi connectivity index (χ0n) is 14.0. The minimum atomic E-state index is -0.921. The fourth-order valence-electron chi connectivity index (χ4n) is 2.55. The molecule has 0 aliphatic carbocycles. The summed E-state index contributed by atoms with van der Waals surface area (Å²) < 4.78 is 5.85. The van der Waals surface area contributed by atoms with Crippen molar-refractivity contribution in [2.24, 2.45) is 0 Å². The van der Waals surface area contributed by atoms with Crippen molar-refractivity contribution in [1.82, 2.24) is 10.6 Å². The molecule has 2 rings (SSSR count). The lowest BCUT2D eigenvalue weighted by molar-refractivity contribution is 0.0868. The van der Waals surface area contributed by atoms with Gasteiger partial charge >= 0.3 is 6.03 Å². The Hall–Kier alpha value is -1.66. The van der Waals surface area contributed by atoms with Gasteiger partial charge in [0.1, 0.15) is 11.3 Å². The van der Waals surface area contributed by atoms with Crippen LogP contribution < -0.4 is 10.6 Å². The number of benzene rings is 1. The van der Waals surface area contributed by atoms with Crippen molar-refractivity contribution >= 4 is 28.8 Å².